The summed E-state index contributed by atoms with van der Waals surface area (Å²) in [5, 5.41) is 39.1. The van der Waals surface area contributed by atoms with Crippen LogP contribution in [0.25, 0.3) is 0 Å². The fraction of sp³-hybridized carbons (Fsp3) is 0.417. The molecule has 196 valence electrons. The van der Waals surface area contributed by atoms with Crippen LogP contribution in [-0.2, 0) is 45.5 Å². The average molecular weight is 606 g/mol. The summed E-state index contributed by atoms with van der Waals surface area (Å²) < 4.78 is 9.06. The number of hydrogen-bond acceptors (Lipinski definition) is 10. The fourth-order valence-corrected chi connectivity index (χ4v) is 2.79. The molecule has 0 heterocycles. The smallest absolute Gasteiger partial charge is 0.325 e. The van der Waals surface area contributed by atoms with Crippen molar-refractivity contribution in [3.63, 3.8) is 0 Å². The summed E-state index contributed by atoms with van der Waals surface area (Å²) in [6.45, 7) is -0.256. The third-order valence-corrected chi connectivity index (χ3v) is 4.52. The fourth-order valence-electron chi connectivity index (χ4n) is 2.79. The Morgan fingerprint density at radius 1 is 0.771 bits per heavy atom. The number of hydrogen-bond donors (Lipinski definition) is 5. The van der Waals surface area contributed by atoms with E-state index in [1.165, 1.54) is 14.2 Å². The van der Waals surface area contributed by atoms with Crippen LogP contribution in [0, 0.1) is 0 Å². The van der Waals surface area contributed by atoms with Crippen molar-refractivity contribution in [3.8, 4) is 0 Å². The lowest BCUT2D eigenvalue weighted by Gasteiger charge is -2.19. The highest BCUT2D eigenvalue weighted by Gasteiger charge is 2.09. The van der Waals surface area contributed by atoms with Gasteiger partial charge in [-0.25, -0.2) is 0 Å². The van der Waals surface area contributed by atoms with Gasteiger partial charge in [-0.05, 0) is 51.4 Å². The maximum atomic E-state index is 11.1. The molecule has 0 amide bonds. The molecule has 5 N–H and O–H groups in total. The molecule has 2 aromatic rings. The van der Waals surface area contributed by atoms with Crippen molar-refractivity contribution in [1.82, 2.24) is 0 Å². The number of nitrogens with one attached hydrogen (secondary N) is 1. The van der Waals surface area contributed by atoms with Crippen molar-refractivity contribution in [2.24, 2.45) is 0 Å². The predicted molar refractivity (Wildman–Crippen MR) is 142 cm³/mol. The molecule has 0 aliphatic carbocycles. The first-order valence-corrected chi connectivity index (χ1v) is 12.6. The van der Waals surface area contributed by atoms with Gasteiger partial charge in [0.05, 0.1) is 40.6 Å². The van der Waals surface area contributed by atoms with Crippen molar-refractivity contribution < 1.29 is 39.5 Å². The normalized spacial score (nSPS) is 9.63. The van der Waals surface area contributed by atoms with E-state index < -0.39 is 0 Å². The number of benzene rings is 2. The number of methoxy groups -OCH3 is 2. The molecule has 0 aliphatic heterocycles. The van der Waals surface area contributed by atoms with Crippen LogP contribution >= 0.6 is 22.6 Å². The highest BCUT2D eigenvalue weighted by Crippen LogP contribution is 2.19. The van der Waals surface area contributed by atoms with E-state index in [4.69, 9.17) is 20.4 Å². The van der Waals surface area contributed by atoms with E-state index >= 15 is 0 Å². The lowest BCUT2D eigenvalue weighted by molar-refractivity contribution is -0.139. The number of ether oxygens (including phenoxy) is 2. The number of nitrogens with zero attached hydrogens (tertiary/aromatic N) is 1. The van der Waals surface area contributed by atoms with Gasteiger partial charge in [0.2, 0.25) is 0 Å². The Bertz CT molecular complexity index is 867. The number of aliphatic hydroxyl groups is 4. The summed E-state index contributed by atoms with van der Waals surface area (Å²) in [6, 6.07) is 10.4. The molecule has 2 rings (SSSR count). The van der Waals surface area contributed by atoms with E-state index in [1.807, 2.05) is 4.93 Å². The molecular weight excluding hydrogens is 571 g/mol. The zero-order valence-corrected chi connectivity index (χ0v) is 22.6. The second-order valence-electron chi connectivity index (χ2n) is 7.04. The van der Waals surface area contributed by atoms with E-state index in [2.05, 4.69) is 37.4 Å². The number of aliphatic hydroxyl groups excluding tert-OH is 4. The summed E-state index contributed by atoms with van der Waals surface area (Å²) in [4.78, 5) is 25.7. The van der Waals surface area contributed by atoms with Crippen LogP contribution in [0.4, 0.5) is 11.4 Å². The zero-order chi connectivity index (χ0) is 26.8. The number of anilines is 2. The molecule has 0 saturated carbocycles. The van der Waals surface area contributed by atoms with Crippen molar-refractivity contribution >= 4 is 45.9 Å². The predicted octanol–water partition coefficient (Wildman–Crippen LogP) is 1.59. The van der Waals surface area contributed by atoms with Crippen LogP contribution in [0.5, 0.6) is 0 Å². The highest BCUT2D eigenvalue weighted by atomic mass is 127. The largest absolute Gasteiger partial charge is 0.468 e. The first-order chi connectivity index (χ1) is 16.8. The van der Waals surface area contributed by atoms with Gasteiger partial charge in [-0.15, -0.1) is 0 Å². The van der Waals surface area contributed by atoms with Gasteiger partial charge in [-0.1, -0.05) is 34.7 Å². The van der Waals surface area contributed by atoms with Crippen LogP contribution in [0.3, 0.4) is 0 Å². The van der Waals surface area contributed by atoms with Gasteiger partial charge in [0.25, 0.3) is 0 Å². The van der Waals surface area contributed by atoms with E-state index in [-0.39, 0.29) is 51.5 Å². The molecule has 0 bridgehead atoms. The Kier molecular flexibility index (Phi) is 17.5. The van der Waals surface area contributed by atoms with Crippen molar-refractivity contribution in [2.45, 2.75) is 26.4 Å². The van der Waals surface area contributed by atoms with E-state index in [0.717, 1.165) is 5.69 Å². The van der Waals surface area contributed by atoms with Gasteiger partial charge in [0.1, 0.15) is 13.1 Å². The number of carbonyl (C=O) groups excluding carboxylic acids is 2. The molecular formula is C24H35IN2O8. The van der Waals surface area contributed by atoms with Crippen LogP contribution in [0.1, 0.15) is 22.3 Å². The van der Waals surface area contributed by atoms with Crippen LogP contribution in [0.2, 0.25) is 0 Å². The molecule has 0 aliphatic rings. The molecule has 0 spiro atoms. The minimum atomic E-state index is -0.375. The number of esters is 2. The monoisotopic (exact) mass is 606 g/mol. The van der Waals surface area contributed by atoms with Gasteiger partial charge >= 0.3 is 11.9 Å². The molecule has 0 fully saturated rings. The maximum Gasteiger partial charge on any atom is 0.325 e. The van der Waals surface area contributed by atoms with E-state index in [9.17, 15) is 9.59 Å². The molecule has 0 radical (unpaired) electrons. The lowest BCUT2D eigenvalue weighted by Crippen LogP contribution is -2.26. The van der Waals surface area contributed by atoms with Gasteiger partial charge in [-0.2, -0.15) is 0 Å². The third-order valence-electron chi connectivity index (χ3n) is 4.52. The minimum Gasteiger partial charge on any atom is -0.468 e. The molecule has 2 aromatic carbocycles. The highest BCUT2D eigenvalue weighted by molar-refractivity contribution is 14.1. The average Bonchev–Trinajstić information content (AvgIpc) is 2.92. The Morgan fingerprint density at radius 3 is 1.54 bits per heavy atom. The van der Waals surface area contributed by atoms with Crippen LogP contribution < -0.4 is 10.2 Å². The Morgan fingerprint density at radius 2 is 1.17 bits per heavy atom. The van der Waals surface area contributed by atoms with Gasteiger partial charge < -0.3 is 40.1 Å². The third kappa shape index (κ3) is 12.7. The number of carbonyl (C=O) groups is 2. The molecule has 10 nitrogen and oxygen atoms in total. The van der Waals surface area contributed by atoms with Crippen LogP contribution in [0.15, 0.2) is 36.4 Å². The SMILES string of the molecule is CI.COC(=O)CN(C)c1cc(CO)cc(CO)c1.COC(=O)CNc1cc(CO)cc(CO)c1. The first kappa shape index (κ1) is 32.5. The van der Waals surface area contributed by atoms with Gasteiger partial charge in [0, 0.05) is 18.4 Å². The summed E-state index contributed by atoms with van der Waals surface area (Å²) >= 11 is 2.15. The number of likely N-dealkylation sites (N-methyl/N-ethyl adjacent to an activating group) is 1. The van der Waals surface area contributed by atoms with Crippen molar-refractivity contribution in [2.75, 3.05) is 49.5 Å². The molecule has 35 heavy (non-hydrogen) atoms. The van der Waals surface area contributed by atoms with Gasteiger partial charge in [-0.3, -0.25) is 9.59 Å². The second kappa shape index (κ2) is 18.8. The minimum absolute atomic E-state index is 0.0518. The summed E-state index contributed by atoms with van der Waals surface area (Å²) in [7, 11) is 4.39. The molecule has 0 aromatic heterocycles. The van der Waals surface area contributed by atoms with Crippen LogP contribution in [-0.4, -0.2) is 71.7 Å². The number of halogens is 1. The molecule has 0 atom stereocenters. The topological polar surface area (TPSA) is 149 Å². The zero-order valence-electron chi connectivity index (χ0n) is 20.5. The lowest BCUT2D eigenvalue weighted by atomic mass is 10.1. The first-order valence-electron chi connectivity index (χ1n) is 10.5. The Hall–Kier alpha value is -2.45. The number of alkyl halides is 1. The summed E-state index contributed by atoms with van der Waals surface area (Å²) in [5.74, 6) is -0.715. The summed E-state index contributed by atoms with van der Waals surface area (Å²) in [5.41, 5.74) is 4.18. The Labute approximate surface area is 219 Å². The molecule has 11 heteroatoms. The second-order valence-corrected chi connectivity index (χ2v) is 7.04. The number of rotatable bonds is 10. The van der Waals surface area contributed by atoms with E-state index in [0.29, 0.717) is 27.9 Å². The summed E-state index contributed by atoms with van der Waals surface area (Å²) in [6.07, 6.45) is 0. The van der Waals surface area contributed by atoms with Crippen molar-refractivity contribution in [3.05, 3.63) is 58.7 Å². The van der Waals surface area contributed by atoms with Gasteiger partial charge in [0.15, 0.2) is 0 Å². The molecule has 0 unspecified atom stereocenters. The molecule has 0 saturated heterocycles. The Balaban J connectivity index is 0.000000618. The van der Waals surface area contributed by atoms with E-state index in [1.54, 1.807) is 48.3 Å². The maximum absolute atomic E-state index is 11.1. The standard InChI is InChI=1S/C12H17NO4.C11H15NO4.CH3I/c1-13(6-12(16)17-2)11-4-9(7-14)3-10(5-11)8-15;1-16-11(15)5-12-10-3-8(6-13)2-9(4-10)7-14;1-2/h3-5,14-15H,6-8H2,1-2H3;2-4,12-14H,5-7H2,1H3;1H3. The van der Waals surface area contributed by atoms with Crippen molar-refractivity contribution in [1.29, 1.82) is 0 Å². The quantitative estimate of drug-likeness (QED) is 0.153.